The van der Waals surface area contributed by atoms with E-state index in [2.05, 4.69) is 13.5 Å². The molecule has 0 amide bonds. The van der Waals surface area contributed by atoms with Gasteiger partial charge in [-0.05, 0) is 27.7 Å². The van der Waals surface area contributed by atoms with Gasteiger partial charge in [0.1, 0.15) is 0 Å². The Morgan fingerprint density at radius 3 is 1.94 bits per heavy atom. The van der Waals surface area contributed by atoms with Gasteiger partial charge in [0.15, 0.2) is 0 Å². The van der Waals surface area contributed by atoms with Crippen LogP contribution < -0.4 is 0 Å². The molecule has 0 heterocycles. The lowest BCUT2D eigenvalue weighted by molar-refractivity contribution is 0.0134. The molecule has 4 heteroatoms. The lowest BCUT2D eigenvalue weighted by Gasteiger charge is -2.35. The van der Waals surface area contributed by atoms with Crippen molar-refractivity contribution in [2.75, 3.05) is 13.2 Å². The SMILES string of the molecule is C=CC(C)(C)O[Si](CCC)(OCC)OCC. The van der Waals surface area contributed by atoms with E-state index in [0.717, 1.165) is 12.5 Å². The van der Waals surface area contributed by atoms with Crippen LogP contribution in [-0.2, 0) is 13.3 Å². The van der Waals surface area contributed by atoms with Gasteiger partial charge in [-0.25, -0.2) is 0 Å². The maximum absolute atomic E-state index is 6.07. The van der Waals surface area contributed by atoms with E-state index in [0.29, 0.717) is 13.2 Å². The summed E-state index contributed by atoms with van der Waals surface area (Å²) in [5.41, 5.74) is -0.397. The van der Waals surface area contributed by atoms with Crippen LogP contribution >= 0.6 is 0 Å². The van der Waals surface area contributed by atoms with Crippen molar-refractivity contribution in [2.24, 2.45) is 0 Å². The van der Waals surface area contributed by atoms with Crippen molar-refractivity contribution in [1.29, 1.82) is 0 Å². The van der Waals surface area contributed by atoms with Crippen molar-refractivity contribution in [3.05, 3.63) is 12.7 Å². The highest BCUT2D eigenvalue weighted by atomic mass is 28.4. The van der Waals surface area contributed by atoms with Gasteiger partial charge in [0.25, 0.3) is 0 Å². The molecule has 96 valence electrons. The first-order chi connectivity index (χ1) is 7.45. The van der Waals surface area contributed by atoms with Crippen molar-refractivity contribution in [1.82, 2.24) is 0 Å². The fourth-order valence-corrected chi connectivity index (χ4v) is 4.45. The van der Waals surface area contributed by atoms with Gasteiger partial charge in [-0.15, -0.1) is 6.58 Å². The molecule has 0 bridgehead atoms. The highest BCUT2D eigenvalue weighted by molar-refractivity contribution is 6.60. The van der Waals surface area contributed by atoms with E-state index in [1.807, 2.05) is 27.7 Å². The maximum atomic E-state index is 6.07. The molecule has 0 radical (unpaired) electrons. The molecule has 0 aromatic heterocycles. The lowest BCUT2D eigenvalue weighted by atomic mass is 10.1. The van der Waals surface area contributed by atoms with E-state index < -0.39 is 14.4 Å². The van der Waals surface area contributed by atoms with Crippen molar-refractivity contribution in [2.45, 2.75) is 52.7 Å². The smallest absolute Gasteiger partial charge is 0.374 e. The molecule has 3 nitrogen and oxygen atoms in total. The van der Waals surface area contributed by atoms with E-state index in [9.17, 15) is 0 Å². The molecule has 0 saturated carbocycles. The summed E-state index contributed by atoms with van der Waals surface area (Å²) >= 11 is 0. The molecule has 0 spiro atoms. The topological polar surface area (TPSA) is 27.7 Å². The summed E-state index contributed by atoms with van der Waals surface area (Å²) in [6, 6.07) is 0.853. The summed E-state index contributed by atoms with van der Waals surface area (Å²) in [6.45, 7) is 15.1. The van der Waals surface area contributed by atoms with Crippen LogP contribution in [0.5, 0.6) is 0 Å². The number of hydrogen-bond donors (Lipinski definition) is 0. The first-order valence-corrected chi connectivity index (χ1v) is 8.00. The van der Waals surface area contributed by atoms with Gasteiger partial charge in [-0.2, -0.15) is 0 Å². The molecule has 0 atom stereocenters. The second-order valence-corrected chi connectivity index (χ2v) is 6.86. The van der Waals surface area contributed by atoms with E-state index in [1.165, 1.54) is 0 Å². The van der Waals surface area contributed by atoms with Gasteiger partial charge in [-0.1, -0.05) is 19.4 Å². The first-order valence-electron chi connectivity index (χ1n) is 6.07. The molecule has 0 aliphatic heterocycles. The van der Waals surface area contributed by atoms with Crippen LogP contribution in [0.15, 0.2) is 12.7 Å². The molecule has 0 aliphatic rings. The normalized spacial score (nSPS) is 12.8. The minimum absolute atomic E-state index is 0.397. The van der Waals surface area contributed by atoms with Crippen molar-refractivity contribution in [3.63, 3.8) is 0 Å². The van der Waals surface area contributed by atoms with E-state index in [4.69, 9.17) is 13.3 Å². The minimum atomic E-state index is -2.52. The molecule has 0 N–H and O–H groups in total. The highest BCUT2D eigenvalue weighted by Crippen LogP contribution is 2.25. The van der Waals surface area contributed by atoms with Crippen LogP contribution in [0.2, 0.25) is 6.04 Å². The van der Waals surface area contributed by atoms with Crippen molar-refractivity contribution < 1.29 is 13.3 Å². The summed E-state index contributed by atoms with van der Waals surface area (Å²) < 4.78 is 17.7. The Morgan fingerprint density at radius 2 is 1.62 bits per heavy atom. The molecular weight excluding hydrogens is 220 g/mol. The minimum Gasteiger partial charge on any atom is -0.374 e. The fraction of sp³-hybridized carbons (Fsp3) is 0.833. The van der Waals surface area contributed by atoms with Gasteiger partial charge in [-0.3, -0.25) is 0 Å². The average molecular weight is 246 g/mol. The Balaban J connectivity index is 4.77. The van der Waals surface area contributed by atoms with Crippen LogP contribution in [0.3, 0.4) is 0 Å². The average Bonchev–Trinajstić information content (AvgIpc) is 2.18. The van der Waals surface area contributed by atoms with Crippen LogP contribution in [0.4, 0.5) is 0 Å². The Morgan fingerprint density at radius 1 is 1.12 bits per heavy atom. The summed E-state index contributed by atoms with van der Waals surface area (Å²) in [6.07, 6.45) is 2.79. The summed E-state index contributed by atoms with van der Waals surface area (Å²) in [7, 11) is -2.52. The van der Waals surface area contributed by atoms with Gasteiger partial charge in [0.05, 0.1) is 5.60 Å². The van der Waals surface area contributed by atoms with Crippen LogP contribution in [-0.4, -0.2) is 27.6 Å². The van der Waals surface area contributed by atoms with E-state index in [-0.39, 0.29) is 0 Å². The van der Waals surface area contributed by atoms with Gasteiger partial charge < -0.3 is 13.3 Å². The third kappa shape index (κ3) is 5.25. The summed E-state index contributed by atoms with van der Waals surface area (Å²) in [5.74, 6) is 0. The quantitative estimate of drug-likeness (QED) is 0.461. The van der Waals surface area contributed by atoms with Crippen LogP contribution in [0, 0.1) is 0 Å². The van der Waals surface area contributed by atoms with Crippen molar-refractivity contribution in [3.8, 4) is 0 Å². The molecule has 0 aliphatic carbocycles. The Kier molecular flexibility index (Phi) is 7.15. The molecule has 0 rings (SSSR count). The predicted molar refractivity (Wildman–Crippen MR) is 69.5 cm³/mol. The molecule has 0 fully saturated rings. The largest absolute Gasteiger partial charge is 0.501 e. The molecule has 16 heavy (non-hydrogen) atoms. The first kappa shape index (κ1) is 15.8. The van der Waals surface area contributed by atoms with Gasteiger partial charge >= 0.3 is 8.80 Å². The van der Waals surface area contributed by atoms with Gasteiger partial charge in [0, 0.05) is 19.3 Å². The third-order valence-electron chi connectivity index (χ3n) is 2.19. The lowest BCUT2D eigenvalue weighted by Crippen LogP contribution is -2.50. The van der Waals surface area contributed by atoms with Crippen LogP contribution in [0.25, 0.3) is 0 Å². The standard InChI is InChI=1S/C12H26O3Si/c1-7-11-16(13-9-3,14-10-4)15-12(5,6)8-2/h8H,2,7,9-11H2,1,3-6H3. The molecule has 0 aromatic rings. The third-order valence-corrected chi connectivity index (χ3v) is 5.60. The predicted octanol–water partition coefficient (Wildman–Crippen LogP) is 3.39. The zero-order chi connectivity index (χ0) is 12.7. The second kappa shape index (κ2) is 7.22. The summed E-state index contributed by atoms with van der Waals surface area (Å²) in [4.78, 5) is 0. The maximum Gasteiger partial charge on any atom is 0.501 e. The zero-order valence-electron chi connectivity index (χ0n) is 11.3. The zero-order valence-corrected chi connectivity index (χ0v) is 12.3. The monoisotopic (exact) mass is 246 g/mol. The highest BCUT2D eigenvalue weighted by Gasteiger charge is 2.43. The Hall–Kier alpha value is -0.163. The fourth-order valence-electron chi connectivity index (χ4n) is 1.48. The number of hydrogen-bond acceptors (Lipinski definition) is 3. The Bertz CT molecular complexity index is 187. The molecular formula is C12H26O3Si. The molecule has 0 aromatic carbocycles. The van der Waals surface area contributed by atoms with E-state index >= 15 is 0 Å². The van der Waals surface area contributed by atoms with Crippen molar-refractivity contribution >= 4 is 8.80 Å². The van der Waals surface area contributed by atoms with Gasteiger partial charge in [0.2, 0.25) is 0 Å². The Labute approximate surface area is 101 Å². The summed E-state index contributed by atoms with van der Waals surface area (Å²) in [5, 5.41) is 0. The number of rotatable bonds is 9. The van der Waals surface area contributed by atoms with E-state index in [1.54, 1.807) is 6.08 Å². The molecule has 0 unspecified atom stereocenters. The van der Waals surface area contributed by atoms with Crippen LogP contribution in [0.1, 0.15) is 41.0 Å². The molecule has 0 saturated heterocycles. The second-order valence-electron chi connectivity index (χ2n) is 4.21.